The van der Waals surface area contributed by atoms with Gasteiger partial charge in [-0.3, -0.25) is 9.69 Å². The van der Waals surface area contributed by atoms with Crippen LogP contribution in [0.25, 0.3) is 10.1 Å². The lowest BCUT2D eigenvalue weighted by Gasteiger charge is -2.36. The van der Waals surface area contributed by atoms with Crippen molar-refractivity contribution in [2.24, 2.45) is 5.92 Å². The van der Waals surface area contributed by atoms with E-state index in [2.05, 4.69) is 62.5 Å². The van der Waals surface area contributed by atoms with Crippen molar-refractivity contribution < 1.29 is 9.53 Å². The lowest BCUT2D eigenvalue weighted by Crippen LogP contribution is -2.46. The highest BCUT2D eigenvalue weighted by atomic mass is 32.1. The van der Waals surface area contributed by atoms with Crippen LogP contribution in [-0.2, 0) is 11.2 Å². The fraction of sp³-hybridized carbons (Fsp3) is 0.531. The monoisotopic (exact) mass is 531 g/mol. The molecular formula is C32H41N3O2S. The number of carbonyl (C=O) groups excluding carboxylic acids is 1. The molecule has 2 aromatic carbocycles. The number of thiophene rings is 1. The van der Waals surface area contributed by atoms with Gasteiger partial charge in [-0.25, -0.2) is 0 Å². The fourth-order valence-corrected chi connectivity index (χ4v) is 7.34. The first-order valence-electron chi connectivity index (χ1n) is 14.8. The summed E-state index contributed by atoms with van der Waals surface area (Å²) in [6, 6.07) is 15.4. The van der Waals surface area contributed by atoms with Crippen molar-refractivity contribution >= 4 is 38.7 Å². The van der Waals surface area contributed by atoms with E-state index in [9.17, 15) is 4.79 Å². The van der Waals surface area contributed by atoms with Gasteiger partial charge in [-0.1, -0.05) is 31.4 Å². The van der Waals surface area contributed by atoms with Gasteiger partial charge in [0.05, 0.1) is 12.3 Å². The van der Waals surface area contributed by atoms with Gasteiger partial charge < -0.3 is 14.5 Å². The average molecular weight is 532 g/mol. The molecule has 1 saturated heterocycles. The second-order valence-electron chi connectivity index (χ2n) is 11.2. The second kappa shape index (κ2) is 12.1. The van der Waals surface area contributed by atoms with Crippen LogP contribution in [0.5, 0.6) is 5.75 Å². The van der Waals surface area contributed by atoms with Gasteiger partial charge in [-0.15, -0.1) is 11.3 Å². The summed E-state index contributed by atoms with van der Waals surface area (Å²) < 4.78 is 7.56. The Labute approximate surface area is 231 Å². The Kier molecular flexibility index (Phi) is 8.17. The number of anilines is 2. The zero-order chi connectivity index (χ0) is 25.7. The van der Waals surface area contributed by atoms with Crippen molar-refractivity contribution in [3.05, 3.63) is 53.4 Å². The number of carbonyl (C=O) groups is 1. The van der Waals surface area contributed by atoms with Gasteiger partial charge in [0, 0.05) is 60.5 Å². The van der Waals surface area contributed by atoms with Crippen molar-refractivity contribution in [3.8, 4) is 5.75 Å². The van der Waals surface area contributed by atoms with Crippen molar-refractivity contribution in [1.82, 2.24) is 4.90 Å². The molecule has 0 N–H and O–H groups in total. The topological polar surface area (TPSA) is 36.0 Å². The fourth-order valence-electron chi connectivity index (χ4n) is 6.54. The predicted octanol–water partition coefficient (Wildman–Crippen LogP) is 6.74. The van der Waals surface area contributed by atoms with E-state index in [1.807, 2.05) is 11.3 Å². The second-order valence-corrected chi connectivity index (χ2v) is 12.2. The molecule has 1 aliphatic carbocycles. The molecule has 1 amide bonds. The first-order chi connectivity index (χ1) is 18.8. The van der Waals surface area contributed by atoms with Crippen molar-refractivity contribution in [3.63, 3.8) is 0 Å². The van der Waals surface area contributed by atoms with E-state index in [1.54, 1.807) is 0 Å². The third-order valence-electron chi connectivity index (χ3n) is 8.72. The van der Waals surface area contributed by atoms with Gasteiger partial charge in [-0.05, 0) is 80.3 Å². The normalized spacial score (nSPS) is 19.1. The lowest BCUT2D eigenvalue weighted by molar-refractivity contribution is -0.123. The molecule has 0 unspecified atom stereocenters. The maximum absolute atomic E-state index is 13.3. The summed E-state index contributed by atoms with van der Waals surface area (Å²) in [4.78, 5) is 20.5. The van der Waals surface area contributed by atoms with Crippen LogP contribution in [0, 0.1) is 5.92 Å². The van der Waals surface area contributed by atoms with Crippen molar-refractivity contribution in [1.29, 1.82) is 0 Å². The Bertz CT molecular complexity index is 1230. The van der Waals surface area contributed by atoms with Gasteiger partial charge in [-0.2, -0.15) is 0 Å². The van der Waals surface area contributed by atoms with Gasteiger partial charge >= 0.3 is 0 Å². The van der Waals surface area contributed by atoms with E-state index in [-0.39, 0.29) is 5.92 Å². The lowest BCUT2D eigenvalue weighted by atomic mass is 9.87. The van der Waals surface area contributed by atoms with E-state index >= 15 is 0 Å². The zero-order valence-corrected chi connectivity index (χ0v) is 23.4. The Hall–Kier alpha value is -2.57. The molecule has 2 fully saturated rings. The third kappa shape index (κ3) is 5.72. The van der Waals surface area contributed by atoms with Crippen LogP contribution in [0.2, 0.25) is 0 Å². The number of nitrogens with zero attached hydrogens (tertiary/aromatic N) is 3. The summed E-state index contributed by atoms with van der Waals surface area (Å²) in [5.41, 5.74) is 3.78. The number of hydrogen-bond donors (Lipinski definition) is 0. The predicted molar refractivity (Wildman–Crippen MR) is 159 cm³/mol. The minimum atomic E-state index is 0.213. The molecule has 2 aliphatic heterocycles. The van der Waals surface area contributed by atoms with Crippen LogP contribution in [0.4, 0.5) is 11.4 Å². The summed E-state index contributed by atoms with van der Waals surface area (Å²) in [6.07, 6.45) is 10.1. The Balaban J connectivity index is 0.953. The first-order valence-corrected chi connectivity index (χ1v) is 15.6. The molecule has 1 saturated carbocycles. The number of fused-ring (bicyclic) bond motifs is 2. The molecule has 6 rings (SSSR count). The quantitative estimate of drug-likeness (QED) is 0.302. The van der Waals surface area contributed by atoms with E-state index in [0.717, 1.165) is 95.8 Å². The van der Waals surface area contributed by atoms with Crippen LogP contribution in [-0.4, -0.2) is 56.7 Å². The summed E-state index contributed by atoms with van der Waals surface area (Å²) in [7, 11) is 0. The number of amides is 1. The van der Waals surface area contributed by atoms with Crippen molar-refractivity contribution in [2.45, 2.75) is 57.8 Å². The van der Waals surface area contributed by atoms with E-state index < -0.39 is 0 Å². The minimum Gasteiger partial charge on any atom is -0.494 e. The van der Waals surface area contributed by atoms with E-state index in [4.69, 9.17) is 4.74 Å². The van der Waals surface area contributed by atoms with Crippen molar-refractivity contribution in [2.75, 3.05) is 55.7 Å². The molecule has 0 radical (unpaired) electrons. The molecule has 3 aliphatic rings. The number of ether oxygens (including phenoxy) is 1. The van der Waals surface area contributed by atoms with E-state index in [0.29, 0.717) is 5.91 Å². The van der Waals surface area contributed by atoms with Crippen LogP contribution >= 0.6 is 11.3 Å². The highest BCUT2D eigenvalue weighted by molar-refractivity contribution is 7.17. The highest BCUT2D eigenvalue weighted by Gasteiger charge is 2.30. The van der Waals surface area contributed by atoms with Gasteiger partial charge in [0.25, 0.3) is 0 Å². The van der Waals surface area contributed by atoms with Crippen LogP contribution in [0.1, 0.15) is 56.9 Å². The molecule has 0 bridgehead atoms. The van der Waals surface area contributed by atoms with E-state index in [1.165, 1.54) is 40.6 Å². The standard InChI is InChI=1S/C32H41N3O2S/c36-32(26-8-2-1-3-9-26)35-17-7-10-25-13-14-27(24-30(25)35)37-22-5-4-16-33-18-20-34(21-19-33)29-11-6-12-31-28(29)15-23-38-31/h6,11-15,23-24,26H,1-5,7-10,16-22H2. The summed E-state index contributed by atoms with van der Waals surface area (Å²) in [6.45, 7) is 7.14. The minimum absolute atomic E-state index is 0.213. The average Bonchev–Trinajstić information content (AvgIpc) is 3.46. The van der Waals surface area contributed by atoms with Crippen LogP contribution < -0.4 is 14.5 Å². The number of hydrogen-bond acceptors (Lipinski definition) is 5. The molecule has 38 heavy (non-hydrogen) atoms. The number of benzene rings is 2. The number of aryl methyl sites for hydroxylation is 1. The first kappa shape index (κ1) is 25.7. The number of piperazine rings is 1. The molecule has 0 spiro atoms. The molecule has 3 aromatic rings. The molecule has 0 atom stereocenters. The van der Waals surface area contributed by atoms with Crippen LogP contribution in [0.3, 0.4) is 0 Å². The molecular weight excluding hydrogens is 490 g/mol. The Morgan fingerprint density at radius 3 is 2.63 bits per heavy atom. The SMILES string of the molecule is O=C(C1CCCCC1)N1CCCc2ccc(OCCCCN3CCN(c4cccc5sccc45)CC3)cc21. The summed E-state index contributed by atoms with van der Waals surface area (Å²) in [5.74, 6) is 1.46. The maximum Gasteiger partial charge on any atom is 0.230 e. The smallest absolute Gasteiger partial charge is 0.230 e. The molecule has 3 heterocycles. The largest absolute Gasteiger partial charge is 0.494 e. The summed E-state index contributed by atoms with van der Waals surface area (Å²) in [5, 5.41) is 3.59. The summed E-state index contributed by atoms with van der Waals surface area (Å²) >= 11 is 1.83. The van der Waals surface area contributed by atoms with Crippen LogP contribution in [0.15, 0.2) is 47.8 Å². The molecule has 1 aromatic heterocycles. The maximum atomic E-state index is 13.3. The van der Waals surface area contributed by atoms with Gasteiger partial charge in [0.15, 0.2) is 0 Å². The zero-order valence-electron chi connectivity index (χ0n) is 22.6. The number of rotatable bonds is 8. The highest BCUT2D eigenvalue weighted by Crippen LogP contribution is 2.35. The Morgan fingerprint density at radius 1 is 0.895 bits per heavy atom. The van der Waals surface area contributed by atoms with Gasteiger partial charge in [0.2, 0.25) is 5.91 Å². The molecule has 6 heteroatoms. The van der Waals surface area contributed by atoms with Gasteiger partial charge in [0.1, 0.15) is 5.75 Å². The Morgan fingerprint density at radius 2 is 1.76 bits per heavy atom. The molecule has 202 valence electrons. The molecule has 5 nitrogen and oxygen atoms in total. The third-order valence-corrected chi connectivity index (χ3v) is 9.60. The number of unbranched alkanes of at least 4 members (excludes halogenated alkanes) is 1.